The molecule has 0 radical (unpaired) electrons. The van der Waals surface area contributed by atoms with E-state index in [9.17, 15) is 4.79 Å². The summed E-state index contributed by atoms with van der Waals surface area (Å²) in [6, 6.07) is 12.0. The highest BCUT2D eigenvalue weighted by atomic mass is 32.1. The zero-order valence-electron chi connectivity index (χ0n) is 17.7. The summed E-state index contributed by atoms with van der Waals surface area (Å²) < 4.78 is 0. The second-order valence-corrected chi connectivity index (χ2v) is 8.97. The molecule has 0 bridgehead atoms. The van der Waals surface area contributed by atoms with Gasteiger partial charge in [-0.05, 0) is 70.1 Å². The van der Waals surface area contributed by atoms with Gasteiger partial charge in [0.05, 0.1) is 0 Å². The topological polar surface area (TPSA) is 73.4 Å². The minimum absolute atomic E-state index is 0.204. The Bertz CT molecular complexity index is 1010. The van der Waals surface area contributed by atoms with E-state index in [0.29, 0.717) is 17.6 Å². The molecule has 7 nitrogen and oxygen atoms in total. The van der Waals surface area contributed by atoms with Crippen LogP contribution in [0, 0.1) is 12.8 Å². The fourth-order valence-corrected chi connectivity index (χ4v) is 4.42. The highest BCUT2D eigenvalue weighted by Gasteiger charge is 2.18. The van der Waals surface area contributed by atoms with Gasteiger partial charge in [-0.25, -0.2) is 14.8 Å². The molecule has 3 heterocycles. The summed E-state index contributed by atoms with van der Waals surface area (Å²) in [4.78, 5) is 26.7. The highest BCUT2D eigenvalue weighted by molar-refractivity contribution is 7.22. The molecular formula is C22H28N6OS. The molecule has 1 saturated heterocycles. The van der Waals surface area contributed by atoms with Gasteiger partial charge < -0.3 is 15.1 Å². The van der Waals surface area contributed by atoms with E-state index in [4.69, 9.17) is 4.98 Å². The molecule has 0 saturated carbocycles. The Morgan fingerprint density at radius 3 is 2.63 bits per heavy atom. The fraction of sp³-hybridized carbons (Fsp3) is 0.409. The normalized spacial score (nSPS) is 15.3. The number of nitrogens with one attached hydrogen (secondary N) is 2. The lowest BCUT2D eigenvalue weighted by Crippen LogP contribution is -2.38. The van der Waals surface area contributed by atoms with Gasteiger partial charge in [0.15, 0.2) is 5.13 Å². The molecule has 0 atom stereocenters. The van der Waals surface area contributed by atoms with E-state index in [1.165, 1.54) is 16.9 Å². The zero-order chi connectivity index (χ0) is 21.1. The molecule has 2 N–H and O–H groups in total. The number of hydrogen-bond donors (Lipinski definition) is 2. The molecule has 4 rings (SSSR count). The van der Waals surface area contributed by atoms with Crippen LogP contribution in [0.2, 0.25) is 0 Å². The lowest BCUT2D eigenvalue weighted by molar-refractivity contribution is 0.213. The Labute approximate surface area is 181 Å². The molecule has 8 heteroatoms. The van der Waals surface area contributed by atoms with Crippen LogP contribution in [0.4, 0.5) is 21.4 Å². The second kappa shape index (κ2) is 8.97. The Morgan fingerprint density at radius 2 is 1.90 bits per heavy atom. The summed E-state index contributed by atoms with van der Waals surface area (Å²) in [6.45, 7) is 4.96. The quantitative estimate of drug-likeness (QED) is 0.641. The molecule has 2 amide bonds. The van der Waals surface area contributed by atoms with Crippen molar-refractivity contribution in [1.29, 1.82) is 0 Å². The maximum absolute atomic E-state index is 12.3. The third-order valence-electron chi connectivity index (χ3n) is 5.62. The van der Waals surface area contributed by atoms with E-state index in [1.54, 1.807) is 0 Å². The molecular weight excluding hydrogens is 396 g/mol. The number of piperidine rings is 1. The monoisotopic (exact) mass is 424 g/mol. The van der Waals surface area contributed by atoms with Crippen molar-refractivity contribution >= 4 is 44.4 Å². The lowest BCUT2D eigenvalue weighted by Gasteiger charge is -2.28. The van der Waals surface area contributed by atoms with Gasteiger partial charge in [0.2, 0.25) is 0 Å². The molecule has 1 aliphatic rings. The van der Waals surface area contributed by atoms with Crippen LogP contribution in [0.5, 0.6) is 0 Å². The maximum atomic E-state index is 12.3. The number of likely N-dealkylation sites (tertiary alicyclic amines) is 1. The van der Waals surface area contributed by atoms with Gasteiger partial charge >= 0.3 is 6.03 Å². The number of aromatic nitrogens is 2. The van der Waals surface area contributed by atoms with Crippen LogP contribution in [0.25, 0.3) is 10.3 Å². The maximum Gasteiger partial charge on any atom is 0.321 e. The standard InChI is InChI=1S/C22H28N6OS/c1-15-4-6-17(7-5-15)28(3)19-9-8-18-20(25-19)30-22(24-18)26-21(29)23-14-16-10-12-27(2)13-11-16/h4-9,16H,10-14H2,1-3H3,(H2,23,24,26,29). The number of nitrogens with zero attached hydrogens (tertiary/aromatic N) is 4. The van der Waals surface area contributed by atoms with Crippen molar-refractivity contribution in [3.63, 3.8) is 0 Å². The average molecular weight is 425 g/mol. The summed E-state index contributed by atoms with van der Waals surface area (Å²) in [5.41, 5.74) is 3.08. The first-order chi connectivity index (χ1) is 14.5. The number of pyridine rings is 1. The molecule has 1 fully saturated rings. The Kier molecular flexibility index (Phi) is 6.15. The van der Waals surface area contributed by atoms with Crippen LogP contribution in [0.15, 0.2) is 36.4 Å². The zero-order valence-corrected chi connectivity index (χ0v) is 18.5. The van der Waals surface area contributed by atoms with Gasteiger partial charge in [-0.3, -0.25) is 5.32 Å². The summed E-state index contributed by atoms with van der Waals surface area (Å²) in [6.07, 6.45) is 2.25. The van der Waals surface area contributed by atoms with Crippen LogP contribution < -0.4 is 15.5 Å². The number of carbonyl (C=O) groups excluding carboxylic acids is 1. The Morgan fingerprint density at radius 1 is 1.17 bits per heavy atom. The molecule has 0 spiro atoms. The van der Waals surface area contributed by atoms with E-state index < -0.39 is 0 Å². The third-order valence-corrected chi connectivity index (χ3v) is 6.50. The Balaban J connectivity index is 1.38. The number of amides is 2. The van der Waals surface area contributed by atoms with Gasteiger partial charge in [-0.1, -0.05) is 29.0 Å². The first-order valence-electron chi connectivity index (χ1n) is 10.3. The second-order valence-electron chi connectivity index (χ2n) is 7.99. The van der Waals surface area contributed by atoms with E-state index >= 15 is 0 Å². The van der Waals surface area contributed by atoms with Gasteiger partial charge in [0, 0.05) is 19.3 Å². The van der Waals surface area contributed by atoms with Crippen molar-refractivity contribution in [3.8, 4) is 0 Å². The molecule has 158 valence electrons. The van der Waals surface area contributed by atoms with Gasteiger partial charge in [-0.2, -0.15) is 0 Å². The number of hydrogen-bond acceptors (Lipinski definition) is 6. The molecule has 2 aromatic heterocycles. The van der Waals surface area contributed by atoms with E-state index in [-0.39, 0.29) is 6.03 Å². The van der Waals surface area contributed by atoms with Crippen LogP contribution in [0.1, 0.15) is 18.4 Å². The van der Waals surface area contributed by atoms with Gasteiger partial charge in [-0.15, -0.1) is 0 Å². The smallest absolute Gasteiger partial charge is 0.321 e. The van der Waals surface area contributed by atoms with Gasteiger partial charge in [0.1, 0.15) is 16.2 Å². The number of aryl methyl sites for hydroxylation is 1. The number of fused-ring (bicyclic) bond motifs is 1. The lowest BCUT2D eigenvalue weighted by atomic mass is 9.97. The summed E-state index contributed by atoms with van der Waals surface area (Å²) >= 11 is 1.39. The highest BCUT2D eigenvalue weighted by Crippen LogP contribution is 2.29. The van der Waals surface area contributed by atoms with E-state index in [0.717, 1.165) is 47.8 Å². The molecule has 0 unspecified atom stereocenters. The minimum Gasteiger partial charge on any atom is -0.338 e. The van der Waals surface area contributed by atoms with Crippen molar-refractivity contribution in [2.45, 2.75) is 19.8 Å². The summed E-state index contributed by atoms with van der Waals surface area (Å²) in [5, 5.41) is 6.41. The van der Waals surface area contributed by atoms with Gasteiger partial charge in [0.25, 0.3) is 0 Å². The van der Waals surface area contributed by atoms with Crippen LogP contribution >= 0.6 is 11.3 Å². The number of anilines is 3. The first kappa shape index (κ1) is 20.6. The minimum atomic E-state index is -0.204. The predicted octanol–water partition coefficient (Wildman–Crippen LogP) is 4.23. The fourth-order valence-electron chi connectivity index (χ4n) is 3.59. The van der Waals surface area contributed by atoms with Crippen molar-refractivity contribution < 1.29 is 4.79 Å². The largest absolute Gasteiger partial charge is 0.338 e. The number of carbonyl (C=O) groups is 1. The van der Waals surface area contributed by atoms with E-state index in [2.05, 4.69) is 58.8 Å². The summed E-state index contributed by atoms with van der Waals surface area (Å²) in [7, 11) is 4.14. The Hall–Kier alpha value is -2.71. The predicted molar refractivity (Wildman–Crippen MR) is 124 cm³/mol. The van der Waals surface area contributed by atoms with Crippen molar-refractivity contribution in [1.82, 2.24) is 20.2 Å². The van der Waals surface area contributed by atoms with Crippen molar-refractivity contribution in [2.75, 3.05) is 43.9 Å². The number of rotatable bonds is 5. The van der Waals surface area contributed by atoms with Crippen molar-refractivity contribution in [2.24, 2.45) is 5.92 Å². The molecule has 0 aliphatic carbocycles. The molecule has 1 aromatic carbocycles. The van der Waals surface area contributed by atoms with Crippen molar-refractivity contribution in [3.05, 3.63) is 42.0 Å². The molecule has 30 heavy (non-hydrogen) atoms. The van der Waals surface area contributed by atoms with Crippen LogP contribution in [0.3, 0.4) is 0 Å². The van der Waals surface area contributed by atoms with E-state index in [1.807, 2.05) is 24.1 Å². The SMILES string of the molecule is Cc1ccc(N(C)c2ccc3nc(NC(=O)NCC4CCN(C)CC4)sc3n2)cc1. The number of thiazole rings is 1. The third kappa shape index (κ3) is 4.88. The van der Waals surface area contributed by atoms with Crippen LogP contribution in [-0.4, -0.2) is 54.6 Å². The number of benzene rings is 1. The summed E-state index contributed by atoms with van der Waals surface area (Å²) in [5.74, 6) is 1.39. The molecule has 1 aliphatic heterocycles. The molecule has 3 aromatic rings. The number of urea groups is 1. The first-order valence-corrected chi connectivity index (χ1v) is 11.1. The average Bonchev–Trinajstić information content (AvgIpc) is 3.14. The van der Waals surface area contributed by atoms with Crippen LogP contribution in [-0.2, 0) is 0 Å².